The lowest BCUT2D eigenvalue weighted by Gasteiger charge is -2.29. The van der Waals surface area contributed by atoms with Gasteiger partial charge < -0.3 is 9.64 Å². The first-order valence-corrected chi connectivity index (χ1v) is 12.0. The minimum Gasteiger partial charge on any atom is -0.495 e. The Morgan fingerprint density at radius 2 is 1.78 bits per heavy atom. The van der Waals surface area contributed by atoms with E-state index in [4.69, 9.17) is 16.3 Å². The number of halogens is 1. The molecule has 0 saturated heterocycles. The van der Waals surface area contributed by atoms with Gasteiger partial charge in [0.2, 0.25) is 5.91 Å². The smallest absolute Gasteiger partial charge is 0.264 e. The highest BCUT2D eigenvalue weighted by Crippen LogP contribution is 2.36. The van der Waals surface area contributed by atoms with Crippen molar-refractivity contribution in [1.82, 2.24) is 0 Å². The molecule has 0 N–H and O–H groups in total. The monoisotopic (exact) mass is 470 g/mol. The highest BCUT2D eigenvalue weighted by atomic mass is 35.5. The molecule has 0 spiro atoms. The molecule has 1 aliphatic rings. The number of anilines is 2. The van der Waals surface area contributed by atoms with Gasteiger partial charge in [0.25, 0.3) is 10.0 Å². The van der Waals surface area contributed by atoms with E-state index >= 15 is 0 Å². The Bertz CT molecular complexity index is 1250. The summed E-state index contributed by atoms with van der Waals surface area (Å²) in [5.41, 5.74) is 2.07. The van der Waals surface area contributed by atoms with Gasteiger partial charge in [-0.25, -0.2) is 8.42 Å². The van der Waals surface area contributed by atoms with Crippen molar-refractivity contribution in [3.05, 3.63) is 83.4 Å². The number of fused-ring (bicyclic) bond motifs is 1. The van der Waals surface area contributed by atoms with E-state index in [0.717, 1.165) is 15.6 Å². The van der Waals surface area contributed by atoms with Crippen molar-refractivity contribution in [2.75, 3.05) is 22.9 Å². The van der Waals surface area contributed by atoms with Gasteiger partial charge in [0, 0.05) is 16.8 Å². The molecular weight excluding hydrogens is 448 g/mol. The van der Waals surface area contributed by atoms with E-state index < -0.39 is 16.6 Å². The third-order valence-electron chi connectivity index (χ3n) is 5.50. The lowest BCUT2D eigenvalue weighted by atomic mass is 10.1. The lowest BCUT2D eigenvalue weighted by Crippen LogP contribution is -2.45. The topological polar surface area (TPSA) is 66.9 Å². The van der Waals surface area contributed by atoms with Crippen LogP contribution in [0.3, 0.4) is 0 Å². The van der Waals surface area contributed by atoms with Crippen molar-refractivity contribution in [1.29, 1.82) is 0 Å². The molecular formula is C24H23ClN2O4S. The Morgan fingerprint density at radius 1 is 1.09 bits per heavy atom. The van der Waals surface area contributed by atoms with Gasteiger partial charge in [-0.2, -0.15) is 0 Å². The number of para-hydroxylation sites is 1. The largest absolute Gasteiger partial charge is 0.495 e. The van der Waals surface area contributed by atoms with Gasteiger partial charge >= 0.3 is 0 Å². The van der Waals surface area contributed by atoms with Gasteiger partial charge in [-0.1, -0.05) is 48.0 Å². The van der Waals surface area contributed by atoms with Crippen LogP contribution in [0.5, 0.6) is 5.75 Å². The number of methoxy groups -OCH3 is 1. The zero-order chi connectivity index (χ0) is 22.9. The van der Waals surface area contributed by atoms with Crippen LogP contribution < -0.4 is 13.9 Å². The van der Waals surface area contributed by atoms with E-state index in [9.17, 15) is 13.2 Å². The standard InChI is InChI=1S/C24H23ClN2O4S/c1-17-14-18-8-6-7-11-21(18)27(17)24(28)16-26(22-15-19(25)12-13-23(22)31-2)32(29,30)20-9-4-3-5-10-20/h3-13,15,17H,14,16H2,1-2H3/t17-/m0/s1. The first-order chi connectivity index (χ1) is 15.3. The van der Waals surface area contributed by atoms with Crippen LogP contribution in [0.15, 0.2) is 77.7 Å². The van der Waals surface area contributed by atoms with Crippen molar-refractivity contribution in [2.24, 2.45) is 0 Å². The van der Waals surface area contributed by atoms with E-state index in [2.05, 4.69) is 0 Å². The number of hydrogen-bond acceptors (Lipinski definition) is 4. The fourth-order valence-corrected chi connectivity index (χ4v) is 5.63. The third kappa shape index (κ3) is 4.06. The summed E-state index contributed by atoms with van der Waals surface area (Å²) in [7, 11) is -2.63. The number of hydrogen-bond donors (Lipinski definition) is 0. The molecule has 0 fully saturated rings. The van der Waals surface area contributed by atoms with Crippen LogP contribution in [-0.4, -0.2) is 34.0 Å². The molecule has 4 rings (SSSR count). The van der Waals surface area contributed by atoms with Crippen LogP contribution in [-0.2, 0) is 21.2 Å². The zero-order valence-corrected chi connectivity index (χ0v) is 19.3. The molecule has 0 bridgehead atoms. The molecule has 3 aromatic carbocycles. The van der Waals surface area contributed by atoms with E-state index in [-0.39, 0.29) is 22.5 Å². The molecule has 0 aliphatic carbocycles. The van der Waals surface area contributed by atoms with Crippen LogP contribution in [0.25, 0.3) is 0 Å². The quantitative estimate of drug-likeness (QED) is 0.531. The van der Waals surface area contributed by atoms with Crippen LogP contribution in [0.4, 0.5) is 11.4 Å². The average Bonchev–Trinajstić information content (AvgIpc) is 3.13. The van der Waals surface area contributed by atoms with E-state index in [0.29, 0.717) is 17.2 Å². The van der Waals surface area contributed by atoms with Crippen molar-refractivity contribution in [3.63, 3.8) is 0 Å². The third-order valence-corrected chi connectivity index (χ3v) is 7.50. The molecule has 6 nitrogen and oxygen atoms in total. The number of rotatable bonds is 6. The summed E-state index contributed by atoms with van der Waals surface area (Å²) in [6.07, 6.45) is 0.716. The van der Waals surface area contributed by atoms with Crippen molar-refractivity contribution >= 4 is 38.9 Å². The number of ether oxygens (including phenoxy) is 1. The highest BCUT2D eigenvalue weighted by Gasteiger charge is 2.35. The molecule has 1 aliphatic heterocycles. The number of nitrogens with zero attached hydrogens (tertiary/aromatic N) is 2. The lowest BCUT2D eigenvalue weighted by molar-refractivity contribution is -0.117. The van der Waals surface area contributed by atoms with Gasteiger partial charge in [0.15, 0.2) is 0 Å². The van der Waals surface area contributed by atoms with Gasteiger partial charge in [-0.05, 0) is 55.3 Å². The maximum atomic E-state index is 13.6. The van der Waals surface area contributed by atoms with Gasteiger partial charge in [0.1, 0.15) is 12.3 Å². The van der Waals surface area contributed by atoms with Gasteiger partial charge in [0.05, 0.1) is 17.7 Å². The first kappa shape index (κ1) is 22.2. The molecule has 0 saturated carbocycles. The van der Waals surface area contributed by atoms with Gasteiger partial charge in [-0.15, -0.1) is 0 Å². The summed E-state index contributed by atoms with van der Waals surface area (Å²) < 4.78 is 33.8. The maximum absolute atomic E-state index is 13.6. The number of carbonyl (C=O) groups is 1. The molecule has 166 valence electrons. The predicted octanol–water partition coefficient (Wildman–Crippen LogP) is 4.52. The van der Waals surface area contributed by atoms with E-state index in [1.165, 1.54) is 25.3 Å². The number of sulfonamides is 1. The average molecular weight is 471 g/mol. The number of benzene rings is 3. The Labute approximate surface area is 193 Å². The summed E-state index contributed by atoms with van der Waals surface area (Å²) in [4.78, 5) is 15.3. The minimum absolute atomic E-state index is 0.0738. The SMILES string of the molecule is COc1ccc(Cl)cc1N(CC(=O)N1c2ccccc2C[C@@H]1C)S(=O)(=O)c1ccccc1. The predicted molar refractivity (Wildman–Crippen MR) is 126 cm³/mol. The molecule has 1 atom stereocenters. The Kier molecular flexibility index (Phi) is 6.13. The van der Waals surface area contributed by atoms with Crippen molar-refractivity contribution in [3.8, 4) is 5.75 Å². The highest BCUT2D eigenvalue weighted by molar-refractivity contribution is 7.92. The molecule has 0 unspecified atom stereocenters. The zero-order valence-electron chi connectivity index (χ0n) is 17.7. The summed E-state index contributed by atoms with van der Waals surface area (Å²) in [6.45, 7) is 1.56. The minimum atomic E-state index is -4.08. The van der Waals surface area contributed by atoms with E-state index in [1.807, 2.05) is 31.2 Å². The Morgan fingerprint density at radius 3 is 2.50 bits per heavy atom. The summed E-state index contributed by atoms with van der Waals surface area (Å²) in [5, 5.41) is 0.335. The summed E-state index contributed by atoms with van der Waals surface area (Å²) in [5.74, 6) is -0.0273. The van der Waals surface area contributed by atoms with Crippen molar-refractivity contribution < 1.29 is 17.9 Å². The second-order valence-electron chi connectivity index (χ2n) is 7.59. The number of amides is 1. The van der Waals surface area contributed by atoms with Gasteiger partial charge in [-0.3, -0.25) is 9.10 Å². The molecule has 0 radical (unpaired) electrons. The number of carbonyl (C=O) groups excluding carboxylic acids is 1. The second-order valence-corrected chi connectivity index (χ2v) is 9.89. The fourth-order valence-electron chi connectivity index (χ4n) is 4.02. The van der Waals surface area contributed by atoms with Crippen LogP contribution in [0, 0.1) is 0 Å². The molecule has 0 aromatic heterocycles. The van der Waals surface area contributed by atoms with Crippen LogP contribution in [0.2, 0.25) is 5.02 Å². The Hall–Kier alpha value is -3.03. The van der Waals surface area contributed by atoms with E-state index in [1.54, 1.807) is 35.2 Å². The molecule has 8 heteroatoms. The molecule has 1 heterocycles. The van der Waals surface area contributed by atoms with Crippen molar-refractivity contribution in [2.45, 2.75) is 24.3 Å². The molecule has 32 heavy (non-hydrogen) atoms. The first-order valence-electron chi connectivity index (χ1n) is 10.1. The normalized spacial score (nSPS) is 15.3. The Balaban J connectivity index is 1.79. The van der Waals surface area contributed by atoms with Crippen LogP contribution >= 0.6 is 11.6 Å². The fraction of sp³-hybridized carbons (Fsp3) is 0.208. The van der Waals surface area contributed by atoms with Crippen LogP contribution in [0.1, 0.15) is 12.5 Å². The second kappa shape index (κ2) is 8.84. The molecule has 1 amide bonds. The summed E-state index contributed by atoms with van der Waals surface area (Å²) in [6, 6.07) is 20.3. The summed E-state index contributed by atoms with van der Waals surface area (Å²) >= 11 is 6.20. The molecule has 3 aromatic rings. The maximum Gasteiger partial charge on any atom is 0.264 e.